The van der Waals surface area contributed by atoms with Crippen LogP contribution in [0.5, 0.6) is 11.5 Å². The maximum atomic E-state index is 13.1. The number of primary amides is 1. The molecule has 19 heavy (non-hydrogen) atoms. The molecule has 2 rings (SSSR count). The Kier molecular flexibility index (Phi) is 3.71. The van der Waals surface area contributed by atoms with Crippen LogP contribution >= 0.6 is 15.9 Å². The van der Waals surface area contributed by atoms with Gasteiger partial charge in [-0.3, -0.25) is 4.79 Å². The lowest BCUT2D eigenvalue weighted by molar-refractivity contribution is 0.0998. The Balaban J connectivity index is 2.37. The van der Waals surface area contributed by atoms with Crippen molar-refractivity contribution in [3.05, 3.63) is 52.3 Å². The highest BCUT2D eigenvalue weighted by Crippen LogP contribution is 2.29. The summed E-state index contributed by atoms with van der Waals surface area (Å²) < 4.78 is 18.9. The van der Waals surface area contributed by atoms with Gasteiger partial charge in [-0.2, -0.15) is 0 Å². The van der Waals surface area contributed by atoms with Gasteiger partial charge in [-0.1, -0.05) is 0 Å². The Labute approximate surface area is 117 Å². The molecule has 0 heterocycles. The largest absolute Gasteiger partial charge is 0.456 e. The Morgan fingerprint density at radius 1 is 1.21 bits per heavy atom. The van der Waals surface area contributed by atoms with Gasteiger partial charge in [0.1, 0.15) is 17.3 Å². The Morgan fingerprint density at radius 2 is 1.95 bits per heavy atom. The van der Waals surface area contributed by atoms with Gasteiger partial charge in [0.25, 0.3) is 5.91 Å². The number of carbonyl (C=O) groups is 1. The van der Waals surface area contributed by atoms with Crippen molar-refractivity contribution < 1.29 is 13.9 Å². The third-order valence-corrected chi connectivity index (χ3v) is 3.00. The lowest BCUT2D eigenvalue weighted by Gasteiger charge is -2.10. The highest BCUT2D eigenvalue weighted by atomic mass is 79.9. The predicted octanol–water partition coefficient (Wildman–Crippen LogP) is 3.06. The van der Waals surface area contributed by atoms with Crippen molar-refractivity contribution in [1.29, 1.82) is 0 Å². The molecule has 0 fully saturated rings. The Hall–Kier alpha value is -2.08. The molecule has 4 nitrogen and oxygen atoms in total. The van der Waals surface area contributed by atoms with Crippen LogP contribution < -0.4 is 16.2 Å². The quantitative estimate of drug-likeness (QED) is 0.851. The molecule has 0 aliphatic rings. The third kappa shape index (κ3) is 3.03. The van der Waals surface area contributed by atoms with Gasteiger partial charge in [-0.25, -0.2) is 4.39 Å². The number of hydrogen-bond acceptors (Lipinski definition) is 3. The topological polar surface area (TPSA) is 78.3 Å². The van der Waals surface area contributed by atoms with E-state index in [0.717, 1.165) is 0 Å². The first kappa shape index (κ1) is 13.4. The van der Waals surface area contributed by atoms with Crippen LogP contribution in [0.2, 0.25) is 0 Å². The lowest BCUT2D eigenvalue weighted by atomic mass is 10.1. The Morgan fingerprint density at radius 3 is 2.58 bits per heavy atom. The summed E-state index contributed by atoms with van der Waals surface area (Å²) in [6, 6.07) is 8.70. The predicted molar refractivity (Wildman–Crippen MR) is 73.5 cm³/mol. The molecule has 2 aromatic carbocycles. The summed E-state index contributed by atoms with van der Waals surface area (Å²) in [5, 5.41) is 0. The van der Waals surface area contributed by atoms with Crippen molar-refractivity contribution in [2.45, 2.75) is 0 Å². The van der Waals surface area contributed by atoms with Crippen LogP contribution in [0, 0.1) is 5.82 Å². The molecule has 0 aliphatic heterocycles. The molecule has 0 aliphatic carbocycles. The number of nitrogens with two attached hydrogens (primary N) is 2. The maximum Gasteiger partial charge on any atom is 0.252 e. The van der Waals surface area contributed by atoms with Crippen molar-refractivity contribution in [2.24, 2.45) is 5.73 Å². The zero-order valence-electron chi connectivity index (χ0n) is 9.69. The number of carbonyl (C=O) groups excluding carboxylic acids is 1. The average Bonchev–Trinajstić information content (AvgIpc) is 2.36. The normalized spacial score (nSPS) is 10.2. The van der Waals surface area contributed by atoms with Gasteiger partial charge >= 0.3 is 0 Å². The molecular formula is C13H10BrFN2O2. The number of amides is 1. The monoisotopic (exact) mass is 324 g/mol. The minimum Gasteiger partial charge on any atom is -0.456 e. The SMILES string of the molecule is NC(=O)c1cc(N)ccc1Oc1ccc(F)c(Br)c1. The molecular weight excluding hydrogens is 315 g/mol. The van der Waals surface area contributed by atoms with E-state index in [4.69, 9.17) is 16.2 Å². The fourth-order valence-electron chi connectivity index (χ4n) is 1.50. The summed E-state index contributed by atoms with van der Waals surface area (Å²) >= 11 is 3.05. The molecule has 0 radical (unpaired) electrons. The second kappa shape index (κ2) is 5.27. The third-order valence-electron chi connectivity index (χ3n) is 2.39. The number of nitrogen functional groups attached to an aromatic ring is 1. The summed E-state index contributed by atoms with van der Waals surface area (Å²) in [4.78, 5) is 11.3. The molecule has 4 N–H and O–H groups in total. The summed E-state index contributed by atoms with van der Waals surface area (Å²) in [6.07, 6.45) is 0. The fourth-order valence-corrected chi connectivity index (χ4v) is 1.85. The zero-order chi connectivity index (χ0) is 14.0. The highest BCUT2D eigenvalue weighted by molar-refractivity contribution is 9.10. The molecule has 2 aromatic rings. The van der Waals surface area contributed by atoms with Crippen LogP contribution in [-0.4, -0.2) is 5.91 Å². The number of ether oxygens (including phenoxy) is 1. The van der Waals surface area contributed by atoms with Crippen molar-refractivity contribution in [3.63, 3.8) is 0 Å². The van der Waals surface area contributed by atoms with Gasteiger partial charge < -0.3 is 16.2 Å². The smallest absolute Gasteiger partial charge is 0.252 e. The Bertz CT molecular complexity index is 647. The van der Waals surface area contributed by atoms with E-state index in [2.05, 4.69) is 15.9 Å². The molecule has 0 bridgehead atoms. The molecule has 0 spiro atoms. The van der Waals surface area contributed by atoms with E-state index in [1.165, 1.54) is 30.3 Å². The van der Waals surface area contributed by atoms with E-state index in [-0.39, 0.29) is 15.8 Å². The van der Waals surface area contributed by atoms with Crippen molar-refractivity contribution in [2.75, 3.05) is 5.73 Å². The molecule has 1 amide bonds. The molecule has 0 unspecified atom stereocenters. The minimum absolute atomic E-state index is 0.167. The summed E-state index contributed by atoms with van der Waals surface area (Å²) in [5.41, 5.74) is 11.4. The van der Waals surface area contributed by atoms with Crippen molar-refractivity contribution in [1.82, 2.24) is 0 Å². The summed E-state index contributed by atoms with van der Waals surface area (Å²) in [5.74, 6) is -0.413. The molecule has 0 saturated carbocycles. The van der Waals surface area contributed by atoms with Crippen molar-refractivity contribution in [3.8, 4) is 11.5 Å². The van der Waals surface area contributed by atoms with E-state index in [1.807, 2.05) is 0 Å². The second-order valence-corrected chi connectivity index (χ2v) is 4.65. The molecule has 0 atom stereocenters. The number of rotatable bonds is 3. The van der Waals surface area contributed by atoms with Crippen LogP contribution in [0.1, 0.15) is 10.4 Å². The van der Waals surface area contributed by atoms with Crippen LogP contribution in [0.15, 0.2) is 40.9 Å². The van der Waals surface area contributed by atoms with E-state index in [0.29, 0.717) is 11.4 Å². The number of hydrogen-bond donors (Lipinski definition) is 2. The van der Waals surface area contributed by atoms with E-state index in [9.17, 15) is 9.18 Å². The number of anilines is 1. The standard InChI is InChI=1S/C13H10BrFN2O2/c14-10-6-8(2-3-11(10)15)19-12-4-1-7(16)5-9(12)13(17)18/h1-6H,16H2,(H2,17,18). The molecule has 98 valence electrons. The van der Waals surface area contributed by atoms with E-state index in [1.54, 1.807) is 6.07 Å². The number of benzene rings is 2. The second-order valence-electron chi connectivity index (χ2n) is 3.80. The lowest BCUT2D eigenvalue weighted by Crippen LogP contribution is -2.12. The van der Waals surface area contributed by atoms with Crippen LogP contribution in [0.25, 0.3) is 0 Å². The van der Waals surface area contributed by atoms with Gasteiger partial charge in [-0.05, 0) is 52.3 Å². The first-order valence-corrected chi connectivity index (χ1v) is 6.09. The minimum atomic E-state index is -0.650. The molecule has 6 heteroatoms. The fraction of sp³-hybridized carbons (Fsp3) is 0. The highest BCUT2D eigenvalue weighted by Gasteiger charge is 2.11. The van der Waals surface area contributed by atoms with Crippen LogP contribution in [0.3, 0.4) is 0 Å². The van der Waals surface area contributed by atoms with Crippen LogP contribution in [-0.2, 0) is 0 Å². The molecule has 0 saturated heterocycles. The molecule has 0 aromatic heterocycles. The van der Waals surface area contributed by atoms with Crippen molar-refractivity contribution >= 4 is 27.5 Å². The first-order chi connectivity index (χ1) is 8.97. The van der Waals surface area contributed by atoms with Gasteiger partial charge in [0.2, 0.25) is 0 Å². The van der Waals surface area contributed by atoms with Gasteiger partial charge in [0.05, 0.1) is 10.0 Å². The zero-order valence-corrected chi connectivity index (χ0v) is 11.3. The number of halogens is 2. The van der Waals surface area contributed by atoms with E-state index >= 15 is 0 Å². The first-order valence-electron chi connectivity index (χ1n) is 5.29. The van der Waals surface area contributed by atoms with Crippen LogP contribution in [0.4, 0.5) is 10.1 Å². The summed E-state index contributed by atoms with van der Waals surface area (Å²) in [7, 11) is 0. The van der Waals surface area contributed by atoms with Gasteiger partial charge in [-0.15, -0.1) is 0 Å². The average molecular weight is 325 g/mol. The van der Waals surface area contributed by atoms with Gasteiger partial charge in [0.15, 0.2) is 0 Å². The van der Waals surface area contributed by atoms with Gasteiger partial charge in [0, 0.05) is 5.69 Å². The van der Waals surface area contributed by atoms with E-state index < -0.39 is 11.7 Å². The maximum absolute atomic E-state index is 13.1. The summed E-state index contributed by atoms with van der Waals surface area (Å²) in [6.45, 7) is 0.